The molecule has 0 radical (unpaired) electrons. The van der Waals surface area contributed by atoms with Gasteiger partial charge in [-0.25, -0.2) is 0 Å². The van der Waals surface area contributed by atoms with Crippen LogP contribution in [0.5, 0.6) is 0 Å². The van der Waals surface area contributed by atoms with Gasteiger partial charge in [-0.05, 0) is 30.3 Å². The highest BCUT2D eigenvalue weighted by Crippen LogP contribution is 2.29. The Bertz CT molecular complexity index is 793. The lowest BCUT2D eigenvalue weighted by molar-refractivity contribution is -0.385. The number of hydrogen-bond donors (Lipinski definition) is 3. The van der Waals surface area contributed by atoms with Gasteiger partial charge in [-0.15, -0.1) is 12.4 Å². The van der Waals surface area contributed by atoms with Crippen LogP contribution in [0.25, 0.3) is 0 Å². The van der Waals surface area contributed by atoms with E-state index in [0.29, 0.717) is 11.4 Å². The van der Waals surface area contributed by atoms with Crippen molar-refractivity contribution in [3.05, 3.63) is 52.6 Å². The lowest BCUT2D eigenvalue weighted by atomic mass is 10.2. The summed E-state index contributed by atoms with van der Waals surface area (Å²) in [5.74, 6) is 0. The fourth-order valence-corrected chi connectivity index (χ4v) is 2.33. The molecule has 0 spiro atoms. The summed E-state index contributed by atoms with van der Waals surface area (Å²) in [5.41, 5.74) is 6.16. The summed E-state index contributed by atoms with van der Waals surface area (Å²) in [6.45, 7) is 0. The summed E-state index contributed by atoms with van der Waals surface area (Å²) >= 11 is 0. The summed E-state index contributed by atoms with van der Waals surface area (Å²) in [7, 11) is -4.61. The van der Waals surface area contributed by atoms with Crippen LogP contribution in [-0.4, -0.2) is 17.9 Å². The van der Waals surface area contributed by atoms with Gasteiger partial charge in [0, 0.05) is 23.5 Å². The van der Waals surface area contributed by atoms with Crippen molar-refractivity contribution in [1.29, 1.82) is 0 Å². The van der Waals surface area contributed by atoms with Gasteiger partial charge in [-0.2, -0.15) is 8.42 Å². The van der Waals surface area contributed by atoms with Gasteiger partial charge >= 0.3 is 0 Å². The minimum atomic E-state index is -4.61. The minimum Gasteiger partial charge on any atom is -0.399 e. The maximum atomic E-state index is 11.3. The van der Waals surface area contributed by atoms with Gasteiger partial charge in [-0.3, -0.25) is 14.7 Å². The number of hydrogen-bond acceptors (Lipinski definition) is 6. The lowest BCUT2D eigenvalue weighted by Gasteiger charge is -2.10. The highest BCUT2D eigenvalue weighted by Gasteiger charge is 2.20. The molecular weight excluding hydrogens is 334 g/mol. The van der Waals surface area contributed by atoms with E-state index in [4.69, 9.17) is 5.73 Å². The molecule has 0 aliphatic heterocycles. The normalized spacial score (nSPS) is 10.6. The summed E-state index contributed by atoms with van der Waals surface area (Å²) in [6.07, 6.45) is 0. The van der Waals surface area contributed by atoms with Crippen LogP contribution in [0.4, 0.5) is 22.7 Å². The summed E-state index contributed by atoms with van der Waals surface area (Å²) in [6, 6.07) is 9.53. The van der Waals surface area contributed by atoms with E-state index in [9.17, 15) is 23.1 Å². The molecule has 22 heavy (non-hydrogen) atoms. The zero-order valence-electron chi connectivity index (χ0n) is 11.0. The van der Waals surface area contributed by atoms with Crippen molar-refractivity contribution in [2.75, 3.05) is 11.1 Å². The molecule has 4 N–H and O–H groups in total. The molecule has 118 valence electrons. The Kier molecular flexibility index (Phi) is 5.31. The molecule has 0 saturated carbocycles. The maximum absolute atomic E-state index is 11.3. The van der Waals surface area contributed by atoms with E-state index in [-0.39, 0.29) is 18.1 Å². The Morgan fingerprint density at radius 3 is 2.23 bits per heavy atom. The van der Waals surface area contributed by atoms with Crippen molar-refractivity contribution >= 4 is 45.3 Å². The molecule has 10 heteroatoms. The molecule has 0 aromatic heterocycles. The molecule has 0 bridgehead atoms. The van der Waals surface area contributed by atoms with E-state index in [1.54, 1.807) is 24.3 Å². The molecule has 0 unspecified atom stereocenters. The van der Waals surface area contributed by atoms with Gasteiger partial charge in [0.15, 0.2) is 0 Å². The maximum Gasteiger partial charge on any atom is 0.296 e. The third-order valence-corrected chi connectivity index (χ3v) is 3.54. The van der Waals surface area contributed by atoms with E-state index in [1.165, 1.54) is 6.07 Å². The number of nitrogens with one attached hydrogen (secondary N) is 1. The number of anilines is 3. The second kappa shape index (κ2) is 6.60. The van der Waals surface area contributed by atoms with E-state index in [1.807, 2.05) is 0 Å². The summed E-state index contributed by atoms with van der Waals surface area (Å²) in [4.78, 5) is 9.36. The Morgan fingerprint density at radius 1 is 1.14 bits per heavy atom. The Balaban J connectivity index is 0.00000242. The molecule has 0 heterocycles. The number of nitrogens with zero attached hydrogens (tertiary/aromatic N) is 1. The van der Waals surface area contributed by atoms with Crippen LogP contribution in [0, 0.1) is 10.1 Å². The third kappa shape index (κ3) is 4.07. The molecule has 2 rings (SSSR count). The van der Waals surface area contributed by atoms with E-state index >= 15 is 0 Å². The number of halogens is 1. The van der Waals surface area contributed by atoms with Crippen LogP contribution >= 0.6 is 12.4 Å². The average Bonchev–Trinajstić information content (AvgIpc) is 2.40. The Hall–Kier alpha value is -2.36. The topological polar surface area (TPSA) is 136 Å². The molecule has 0 atom stereocenters. The first kappa shape index (κ1) is 17.7. The van der Waals surface area contributed by atoms with Crippen molar-refractivity contribution in [3.63, 3.8) is 0 Å². The minimum absolute atomic E-state index is 0. The monoisotopic (exact) mass is 345 g/mol. The van der Waals surface area contributed by atoms with Crippen molar-refractivity contribution in [2.45, 2.75) is 4.90 Å². The van der Waals surface area contributed by atoms with Gasteiger partial charge in [0.1, 0.15) is 4.90 Å². The Morgan fingerprint density at radius 2 is 1.73 bits per heavy atom. The van der Waals surface area contributed by atoms with Crippen LogP contribution in [0.3, 0.4) is 0 Å². The van der Waals surface area contributed by atoms with E-state index in [2.05, 4.69) is 5.32 Å². The van der Waals surface area contributed by atoms with Gasteiger partial charge < -0.3 is 11.1 Å². The number of non-ortho nitro benzene ring substituents is 1. The standard InChI is InChI=1S/C12H11N3O5S.ClH/c13-8-1-3-9(4-2-8)14-11-6-5-10(15(16)17)7-12(11)21(18,19)20;/h1-7,14H,13H2,(H,18,19,20);1H. The third-order valence-electron chi connectivity index (χ3n) is 2.64. The van der Waals surface area contributed by atoms with E-state index in [0.717, 1.165) is 12.1 Å². The molecule has 0 amide bonds. The van der Waals surface area contributed by atoms with Crippen LogP contribution in [0.15, 0.2) is 47.4 Å². The quantitative estimate of drug-likeness (QED) is 0.335. The fraction of sp³-hybridized carbons (Fsp3) is 0. The molecule has 8 nitrogen and oxygen atoms in total. The molecular formula is C12H12ClN3O5S. The molecule has 0 aliphatic carbocycles. The van der Waals surface area contributed by atoms with Gasteiger partial charge in [0.2, 0.25) is 0 Å². The molecule has 0 saturated heterocycles. The fourth-order valence-electron chi connectivity index (χ4n) is 1.66. The average molecular weight is 346 g/mol. The predicted octanol–water partition coefficient (Wildman–Crippen LogP) is 2.59. The zero-order chi connectivity index (χ0) is 15.6. The molecule has 0 fully saturated rings. The lowest BCUT2D eigenvalue weighted by Crippen LogP contribution is -2.04. The van der Waals surface area contributed by atoms with Gasteiger partial charge in [-0.1, -0.05) is 0 Å². The Labute approximate surface area is 132 Å². The highest BCUT2D eigenvalue weighted by molar-refractivity contribution is 7.86. The summed E-state index contributed by atoms with van der Waals surface area (Å²) < 4.78 is 31.9. The number of nitrogen functional groups attached to an aromatic ring is 1. The number of benzene rings is 2. The molecule has 0 aliphatic rings. The van der Waals surface area contributed by atoms with Crippen LogP contribution in [-0.2, 0) is 10.1 Å². The first-order chi connectivity index (χ1) is 9.77. The molecule has 2 aromatic carbocycles. The van der Waals surface area contributed by atoms with Crippen LogP contribution < -0.4 is 11.1 Å². The van der Waals surface area contributed by atoms with Crippen molar-refractivity contribution in [2.24, 2.45) is 0 Å². The van der Waals surface area contributed by atoms with Crippen LogP contribution in [0.1, 0.15) is 0 Å². The first-order valence-electron chi connectivity index (χ1n) is 5.66. The van der Waals surface area contributed by atoms with Crippen LogP contribution in [0.2, 0.25) is 0 Å². The largest absolute Gasteiger partial charge is 0.399 e. The summed E-state index contributed by atoms with van der Waals surface area (Å²) in [5, 5.41) is 13.4. The van der Waals surface area contributed by atoms with E-state index < -0.39 is 25.6 Å². The second-order valence-electron chi connectivity index (χ2n) is 4.16. The first-order valence-corrected chi connectivity index (χ1v) is 7.10. The molecule has 2 aromatic rings. The van der Waals surface area contributed by atoms with Crippen molar-refractivity contribution in [1.82, 2.24) is 0 Å². The number of nitrogens with two attached hydrogens (primary N) is 1. The van der Waals surface area contributed by atoms with Crippen molar-refractivity contribution < 1.29 is 17.9 Å². The number of rotatable bonds is 4. The van der Waals surface area contributed by atoms with Gasteiger partial charge in [0.25, 0.3) is 15.8 Å². The SMILES string of the molecule is Cl.Nc1ccc(Nc2ccc([N+](=O)[O-])cc2S(=O)(=O)O)cc1. The zero-order valence-corrected chi connectivity index (χ0v) is 12.6. The van der Waals surface area contributed by atoms with Gasteiger partial charge in [0.05, 0.1) is 10.6 Å². The smallest absolute Gasteiger partial charge is 0.296 e. The predicted molar refractivity (Wildman–Crippen MR) is 84.3 cm³/mol. The number of nitro benzene ring substituents is 1. The second-order valence-corrected chi connectivity index (χ2v) is 5.55. The number of nitro groups is 1. The highest BCUT2D eigenvalue weighted by atomic mass is 35.5. The van der Waals surface area contributed by atoms with Crippen molar-refractivity contribution in [3.8, 4) is 0 Å².